The van der Waals surface area contributed by atoms with E-state index in [1.807, 2.05) is 0 Å². The SMILES string of the molecule is COc1ccccc1C(=O)N(CCCO)CCC(=O)O. The highest BCUT2D eigenvalue weighted by Gasteiger charge is 2.19. The van der Waals surface area contributed by atoms with E-state index >= 15 is 0 Å². The fourth-order valence-corrected chi connectivity index (χ4v) is 1.80. The molecule has 0 unspecified atom stereocenters. The minimum atomic E-state index is -0.966. The zero-order valence-corrected chi connectivity index (χ0v) is 11.4. The first-order chi connectivity index (χ1) is 9.60. The van der Waals surface area contributed by atoms with Crippen LogP contribution >= 0.6 is 0 Å². The van der Waals surface area contributed by atoms with Crippen LogP contribution in [0.1, 0.15) is 23.2 Å². The average molecular weight is 281 g/mol. The second-order valence-electron chi connectivity index (χ2n) is 4.21. The van der Waals surface area contributed by atoms with Gasteiger partial charge in [0.1, 0.15) is 5.75 Å². The molecule has 0 saturated carbocycles. The maximum Gasteiger partial charge on any atom is 0.305 e. The molecule has 0 heterocycles. The number of carbonyl (C=O) groups is 2. The van der Waals surface area contributed by atoms with Crippen molar-refractivity contribution in [1.29, 1.82) is 0 Å². The van der Waals surface area contributed by atoms with Crippen molar-refractivity contribution in [2.24, 2.45) is 0 Å². The highest BCUT2D eigenvalue weighted by molar-refractivity contribution is 5.97. The quantitative estimate of drug-likeness (QED) is 0.742. The third kappa shape index (κ3) is 4.55. The number of amides is 1. The number of carboxylic acids is 1. The van der Waals surface area contributed by atoms with E-state index in [9.17, 15) is 9.59 Å². The van der Waals surface area contributed by atoms with Gasteiger partial charge in [0.2, 0.25) is 0 Å². The summed E-state index contributed by atoms with van der Waals surface area (Å²) in [6, 6.07) is 6.78. The number of nitrogens with zero attached hydrogens (tertiary/aromatic N) is 1. The van der Waals surface area contributed by atoms with E-state index in [4.69, 9.17) is 14.9 Å². The van der Waals surface area contributed by atoms with Crippen molar-refractivity contribution in [1.82, 2.24) is 4.90 Å². The first-order valence-electron chi connectivity index (χ1n) is 6.35. The molecule has 110 valence electrons. The Morgan fingerprint density at radius 1 is 1.25 bits per heavy atom. The summed E-state index contributed by atoms with van der Waals surface area (Å²) in [7, 11) is 1.47. The Morgan fingerprint density at radius 3 is 2.55 bits per heavy atom. The molecule has 0 aromatic heterocycles. The number of carbonyl (C=O) groups excluding carboxylic acids is 1. The molecule has 0 saturated heterocycles. The first-order valence-corrected chi connectivity index (χ1v) is 6.35. The van der Waals surface area contributed by atoms with E-state index in [1.165, 1.54) is 12.0 Å². The molecule has 1 amide bonds. The van der Waals surface area contributed by atoms with Crippen molar-refractivity contribution >= 4 is 11.9 Å². The second kappa shape index (κ2) is 8.16. The van der Waals surface area contributed by atoms with Gasteiger partial charge in [-0.2, -0.15) is 0 Å². The lowest BCUT2D eigenvalue weighted by molar-refractivity contribution is -0.137. The number of hydrogen-bond acceptors (Lipinski definition) is 4. The molecule has 0 radical (unpaired) electrons. The number of carboxylic acid groups (broad SMARTS) is 1. The Kier molecular flexibility index (Phi) is 6.52. The third-order valence-corrected chi connectivity index (χ3v) is 2.81. The van der Waals surface area contributed by atoms with E-state index in [0.717, 1.165) is 0 Å². The van der Waals surface area contributed by atoms with Crippen molar-refractivity contribution in [2.45, 2.75) is 12.8 Å². The van der Waals surface area contributed by atoms with Gasteiger partial charge in [-0.3, -0.25) is 9.59 Å². The molecule has 1 aromatic rings. The molecule has 1 rings (SSSR count). The molecule has 1 aromatic carbocycles. The lowest BCUT2D eigenvalue weighted by atomic mass is 10.1. The Labute approximate surface area is 117 Å². The standard InChI is InChI=1S/C14H19NO5/c1-20-12-6-3-2-5-11(12)14(19)15(8-4-10-16)9-7-13(17)18/h2-3,5-6,16H,4,7-10H2,1H3,(H,17,18). The van der Waals surface area contributed by atoms with E-state index in [2.05, 4.69) is 0 Å². The van der Waals surface area contributed by atoms with E-state index in [-0.39, 0.29) is 25.5 Å². The van der Waals surface area contributed by atoms with Crippen molar-refractivity contribution in [3.8, 4) is 5.75 Å². The molecule has 6 nitrogen and oxygen atoms in total. The fraction of sp³-hybridized carbons (Fsp3) is 0.429. The normalized spacial score (nSPS) is 10.1. The van der Waals surface area contributed by atoms with Crippen LogP contribution in [0.4, 0.5) is 0 Å². The van der Waals surface area contributed by atoms with Gasteiger partial charge in [-0.15, -0.1) is 0 Å². The predicted molar refractivity (Wildman–Crippen MR) is 72.9 cm³/mol. The van der Waals surface area contributed by atoms with Gasteiger partial charge in [0.05, 0.1) is 19.1 Å². The van der Waals surface area contributed by atoms with Crippen LogP contribution in [0.3, 0.4) is 0 Å². The minimum Gasteiger partial charge on any atom is -0.496 e. The van der Waals surface area contributed by atoms with E-state index in [1.54, 1.807) is 24.3 Å². The Morgan fingerprint density at radius 2 is 1.95 bits per heavy atom. The van der Waals surface area contributed by atoms with Crippen molar-refractivity contribution in [3.63, 3.8) is 0 Å². The van der Waals surface area contributed by atoms with Gasteiger partial charge in [0.15, 0.2) is 0 Å². The van der Waals surface area contributed by atoms with Gasteiger partial charge in [-0.1, -0.05) is 12.1 Å². The number of hydrogen-bond donors (Lipinski definition) is 2. The smallest absolute Gasteiger partial charge is 0.305 e. The van der Waals surface area contributed by atoms with Crippen molar-refractivity contribution in [2.75, 3.05) is 26.8 Å². The topological polar surface area (TPSA) is 87.1 Å². The molecule has 2 N–H and O–H groups in total. The maximum absolute atomic E-state index is 12.4. The highest BCUT2D eigenvalue weighted by atomic mass is 16.5. The van der Waals surface area contributed by atoms with Gasteiger partial charge in [-0.05, 0) is 18.6 Å². The number of aliphatic carboxylic acids is 1. The Hall–Kier alpha value is -2.08. The summed E-state index contributed by atoms with van der Waals surface area (Å²) >= 11 is 0. The highest BCUT2D eigenvalue weighted by Crippen LogP contribution is 2.19. The van der Waals surface area contributed by atoms with Gasteiger partial charge >= 0.3 is 5.97 Å². The monoisotopic (exact) mass is 281 g/mol. The molecular weight excluding hydrogens is 262 g/mol. The number of aliphatic hydroxyl groups is 1. The zero-order valence-electron chi connectivity index (χ0n) is 11.4. The summed E-state index contributed by atoms with van der Waals surface area (Å²) < 4.78 is 5.13. The molecule has 0 bridgehead atoms. The van der Waals surface area contributed by atoms with Crippen molar-refractivity contribution in [3.05, 3.63) is 29.8 Å². The molecule has 0 atom stereocenters. The number of para-hydroxylation sites is 1. The molecular formula is C14H19NO5. The number of ether oxygens (including phenoxy) is 1. The molecule has 0 fully saturated rings. The zero-order chi connectivity index (χ0) is 15.0. The molecule has 0 aliphatic carbocycles. The summed E-state index contributed by atoms with van der Waals surface area (Å²) in [5.41, 5.74) is 0.387. The fourth-order valence-electron chi connectivity index (χ4n) is 1.80. The van der Waals surface area contributed by atoms with Crippen LogP contribution in [0.15, 0.2) is 24.3 Å². The lowest BCUT2D eigenvalue weighted by Crippen LogP contribution is -2.34. The van der Waals surface area contributed by atoms with Crippen LogP contribution in [0.5, 0.6) is 5.75 Å². The summed E-state index contributed by atoms with van der Waals surface area (Å²) in [5.74, 6) is -0.814. The summed E-state index contributed by atoms with van der Waals surface area (Å²) in [6.07, 6.45) is 0.271. The van der Waals surface area contributed by atoms with Gasteiger partial charge < -0.3 is 19.8 Å². The number of benzene rings is 1. The number of aliphatic hydroxyl groups excluding tert-OH is 1. The Balaban J connectivity index is 2.87. The molecule has 0 aliphatic rings. The molecule has 6 heteroatoms. The lowest BCUT2D eigenvalue weighted by Gasteiger charge is -2.22. The van der Waals surface area contributed by atoms with E-state index < -0.39 is 5.97 Å². The third-order valence-electron chi connectivity index (χ3n) is 2.81. The van der Waals surface area contributed by atoms with Gasteiger partial charge in [0, 0.05) is 19.7 Å². The molecule has 0 aliphatic heterocycles. The van der Waals surface area contributed by atoms with Crippen LogP contribution in [0.2, 0.25) is 0 Å². The predicted octanol–water partition coefficient (Wildman–Crippen LogP) is 0.995. The summed E-state index contributed by atoms with van der Waals surface area (Å²) in [4.78, 5) is 24.5. The van der Waals surface area contributed by atoms with Gasteiger partial charge in [-0.25, -0.2) is 0 Å². The maximum atomic E-state index is 12.4. The molecule has 0 spiro atoms. The number of methoxy groups -OCH3 is 1. The first kappa shape index (κ1) is 16.0. The van der Waals surface area contributed by atoms with Crippen LogP contribution in [0, 0.1) is 0 Å². The number of rotatable bonds is 8. The summed E-state index contributed by atoms with van der Waals surface area (Å²) in [5, 5.41) is 17.6. The summed E-state index contributed by atoms with van der Waals surface area (Å²) in [6.45, 7) is 0.357. The van der Waals surface area contributed by atoms with Gasteiger partial charge in [0.25, 0.3) is 5.91 Å². The van der Waals surface area contributed by atoms with Crippen LogP contribution in [-0.2, 0) is 4.79 Å². The van der Waals surface area contributed by atoms with E-state index in [0.29, 0.717) is 24.3 Å². The second-order valence-corrected chi connectivity index (χ2v) is 4.21. The van der Waals surface area contributed by atoms with Crippen LogP contribution in [-0.4, -0.2) is 53.8 Å². The van der Waals surface area contributed by atoms with Crippen LogP contribution < -0.4 is 4.74 Å². The average Bonchev–Trinajstić information content (AvgIpc) is 2.46. The molecule has 20 heavy (non-hydrogen) atoms. The largest absolute Gasteiger partial charge is 0.496 e. The Bertz CT molecular complexity index is 461. The van der Waals surface area contributed by atoms with Crippen LogP contribution in [0.25, 0.3) is 0 Å². The minimum absolute atomic E-state index is 0.0528. The van der Waals surface area contributed by atoms with Crippen molar-refractivity contribution < 1.29 is 24.5 Å².